The molecule has 36 heavy (non-hydrogen) atoms. The quantitative estimate of drug-likeness (QED) is 0.195. The van der Waals surface area contributed by atoms with Crippen LogP contribution in [0.15, 0.2) is 67.0 Å². The van der Waals surface area contributed by atoms with Gasteiger partial charge in [-0.25, -0.2) is 4.98 Å². The third-order valence-corrected chi connectivity index (χ3v) is 6.86. The molecule has 0 saturated carbocycles. The van der Waals surface area contributed by atoms with E-state index in [1.54, 1.807) is 0 Å². The number of nitrogens with one attached hydrogen (secondary N) is 2. The summed E-state index contributed by atoms with van der Waals surface area (Å²) in [5, 5.41) is 10.7. The first kappa shape index (κ1) is 28.7. The number of hydrogen-bond acceptors (Lipinski definition) is 7. The average molecular weight is 720 g/mol. The van der Waals surface area contributed by atoms with Crippen molar-refractivity contribution in [2.24, 2.45) is 5.73 Å². The molecule has 1 aliphatic rings. The minimum absolute atomic E-state index is 0. The maximum atomic E-state index is 13.3. The number of carbonyl (C=O) groups excluding carboxylic acids is 2. The molecule has 0 bridgehead atoms. The number of amides is 1. The number of Topliss-reactive ketones (excluding diaryl/α,β-unsaturated/α-hetero) is 1. The standard InChI is InChI=1S/C26H30N5O3S.Ac/c1-17(27)28-13-7-11-21(24(32)26-31-20-10-5-6-12-23(20)35-26)30-25(33)22-14-19(15-29-22)34-16-18-8-3-2-4-9-18;/h2-6,8-10,12,19,21-22,28H,1,7,11,13-16,27H2,(H,30,33);/q-1;/t19-,21?,22+;/m1./s1. The minimum atomic E-state index is -0.699. The van der Waals surface area contributed by atoms with Gasteiger partial charge in [-0.3, -0.25) is 9.59 Å². The number of benzene rings is 2. The number of hydrogen-bond donors (Lipinski definition) is 3. The molecule has 8 nitrogen and oxygen atoms in total. The number of nitrogens with zero attached hydrogens (tertiary/aromatic N) is 2. The van der Waals surface area contributed by atoms with E-state index < -0.39 is 12.1 Å². The minimum Gasteiger partial charge on any atom is -0.650 e. The van der Waals surface area contributed by atoms with Crippen LogP contribution in [0.5, 0.6) is 0 Å². The third-order valence-electron chi connectivity index (χ3n) is 5.81. The zero-order valence-electron chi connectivity index (χ0n) is 20.1. The van der Waals surface area contributed by atoms with Crippen molar-refractivity contribution in [1.29, 1.82) is 0 Å². The molecule has 1 radical (unpaired) electrons. The van der Waals surface area contributed by atoms with Crippen molar-refractivity contribution in [3.8, 4) is 0 Å². The summed E-state index contributed by atoms with van der Waals surface area (Å²) < 4.78 is 6.89. The van der Waals surface area contributed by atoms with Gasteiger partial charge in [0.1, 0.15) is 0 Å². The fraction of sp³-hybridized carbons (Fsp3) is 0.346. The van der Waals surface area contributed by atoms with Crippen molar-refractivity contribution >= 4 is 33.2 Å². The number of rotatable bonds is 12. The van der Waals surface area contributed by atoms with Crippen LogP contribution in [0.4, 0.5) is 0 Å². The van der Waals surface area contributed by atoms with Gasteiger partial charge in [0, 0.05) is 56.7 Å². The Kier molecular flexibility index (Phi) is 11.3. The van der Waals surface area contributed by atoms with Gasteiger partial charge in [-0.05, 0) is 37.0 Å². The van der Waals surface area contributed by atoms with Crippen molar-refractivity contribution < 1.29 is 58.4 Å². The molecule has 2 aromatic carbocycles. The van der Waals surface area contributed by atoms with E-state index in [0.717, 1.165) is 15.8 Å². The fourth-order valence-electron chi connectivity index (χ4n) is 3.96. The van der Waals surface area contributed by atoms with Crippen LogP contribution in [0, 0.1) is 44.1 Å². The summed E-state index contributed by atoms with van der Waals surface area (Å²) in [4.78, 5) is 30.9. The van der Waals surface area contributed by atoms with Gasteiger partial charge in [-0.2, -0.15) is 0 Å². The number of thiazole rings is 1. The Balaban J connectivity index is 0.00000361. The van der Waals surface area contributed by atoms with E-state index in [-0.39, 0.29) is 61.9 Å². The Hall–Kier alpha value is -1.83. The van der Waals surface area contributed by atoms with Gasteiger partial charge >= 0.3 is 0 Å². The van der Waals surface area contributed by atoms with Crippen molar-refractivity contribution in [3.05, 3.63) is 82.9 Å². The van der Waals surface area contributed by atoms with E-state index in [1.807, 2.05) is 54.6 Å². The molecular formula is C26H30AcN5O3S-. The molecule has 0 spiro atoms. The van der Waals surface area contributed by atoms with E-state index in [1.165, 1.54) is 11.3 Å². The predicted octanol–water partition coefficient (Wildman–Crippen LogP) is 3.49. The Morgan fingerprint density at radius 2 is 1.94 bits per heavy atom. The molecule has 1 unspecified atom stereocenters. The van der Waals surface area contributed by atoms with Gasteiger partial charge in [-0.15, -0.1) is 17.9 Å². The smallest absolute Gasteiger partial charge is 0.213 e. The second-order valence-electron chi connectivity index (χ2n) is 8.54. The summed E-state index contributed by atoms with van der Waals surface area (Å²) in [5.74, 6) is -0.0816. The number of para-hydroxylation sites is 1. The maximum Gasteiger partial charge on any atom is 0.213 e. The second-order valence-corrected chi connectivity index (χ2v) is 9.57. The summed E-state index contributed by atoms with van der Waals surface area (Å²) in [6, 6.07) is 16.3. The molecular weight excluding hydrogens is 689 g/mol. The molecule has 4 rings (SSSR count). The number of aromatic nitrogens is 1. The van der Waals surface area contributed by atoms with E-state index in [2.05, 4.69) is 27.5 Å². The SMILES string of the molecule is C=C(N)NCCCC(NC(=O)[C@@H]1C[C@@H](OCc2ccccc2)C[N-]1)C(=O)c1nc2ccccc2s1.[Ac]. The van der Waals surface area contributed by atoms with Crippen LogP contribution in [-0.4, -0.2) is 48.0 Å². The zero-order chi connectivity index (χ0) is 24.6. The van der Waals surface area contributed by atoms with Crippen molar-refractivity contribution in [2.75, 3.05) is 13.1 Å². The van der Waals surface area contributed by atoms with E-state index in [0.29, 0.717) is 49.8 Å². The van der Waals surface area contributed by atoms with E-state index in [9.17, 15) is 9.59 Å². The Bertz CT molecular complexity index is 1140. The van der Waals surface area contributed by atoms with Crippen LogP contribution in [0.1, 0.15) is 34.6 Å². The number of carbonyl (C=O) groups is 2. The van der Waals surface area contributed by atoms with Gasteiger partial charge in [0.25, 0.3) is 0 Å². The molecule has 4 N–H and O–H groups in total. The topological polar surface area (TPSA) is 120 Å². The first-order chi connectivity index (χ1) is 17.0. The Morgan fingerprint density at radius 1 is 1.19 bits per heavy atom. The third kappa shape index (κ3) is 8.09. The average Bonchev–Trinajstić information content (AvgIpc) is 3.52. The summed E-state index contributed by atoms with van der Waals surface area (Å²) in [6.45, 7) is 5.11. The van der Waals surface area contributed by atoms with E-state index >= 15 is 0 Å². The van der Waals surface area contributed by atoms with Gasteiger partial charge in [-0.1, -0.05) is 55.1 Å². The van der Waals surface area contributed by atoms with Crippen LogP contribution in [0.2, 0.25) is 0 Å². The summed E-state index contributed by atoms with van der Waals surface area (Å²) in [5.41, 5.74) is 7.42. The molecule has 1 saturated heterocycles. The van der Waals surface area contributed by atoms with Gasteiger partial charge in [0.2, 0.25) is 11.7 Å². The summed E-state index contributed by atoms with van der Waals surface area (Å²) in [6.07, 6.45) is 1.45. The molecule has 2 heterocycles. The first-order valence-electron chi connectivity index (χ1n) is 11.7. The van der Waals surface area contributed by atoms with Crippen LogP contribution in [0.25, 0.3) is 15.5 Å². The van der Waals surface area contributed by atoms with Crippen LogP contribution in [-0.2, 0) is 16.1 Å². The number of fused-ring (bicyclic) bond motifs is 1. The zero-order valence-corrected chi connectivity index (χ0v) is 25.6. The van der Waals surface area contributed by atoms with Crippen LogP contribution < -0.4 is 16.4 Å². The van der Waals surface area contributed by atoms with Crippen molar-refractivity contribution in [1.82, 2.24) is 15.6 Å². The first-order valence-corrected chi connectivity index (χ1v) is 12.5. The second kappa shape index (κ2) is 14.2. The molecule has 10 heteroatoms. The number of nitrogens with two attached hydrogens (primary N) is 1. The Labute approximate surface area is 251 Å². The van der Waals surface area contributed by atoms with Crippen molar-refractivity contribution in [3.63, 3.8) is 0 Å². The van der Waals surface area contributed by atoms with Gasteiger partial charge in [0.05, 0.1) is 28.7 Å². The van der Waals surface area contributed by atoms with Gasteiger partial charge < -0.3 is 26.4 Å². The molecule has 1 aromatic heterocycles. The van der Waals surface area contributed by atoms with Crippen LogP contribution >= 0.6 is 11.3 Å². The van der Waals surface area contributed by atoms with E-state index in [4.69, 9.17) is 10.5 Å². The molecule has 0 aliphatic carbocycles. The van der Waals surface area contributed by atoms with Gasteiger partial charge in [0.15, 0.2) is 5.01 Å². The normalized spacial score (nSPS) is 17.8. The number of ketones is 1. The maximum absolute atomic E-state index is 13.3. The molecule has 187 valence electrons. The molecule has 1 fully saturated rings. The number of ether oxygens (including phenoxy) is 1. The molecule has 1 aliphatic heterocycles. The largest absolute Gasteiger partial charge is 0.650 e. The van der Waals surface area contributed by atoms with Crippen molar-refractivity contribution in [2.45, 2.75) is 44.1 Å². The Morgan fingerprint density at radius 3 is 2.69 bits per heavy atom. The summed E-state index contributed by atoms with van der Waals surface area (Å²) in [7, 11) is 0. The monoisotopic (exact) mass is 719 g/mol. The fourth-order valence-corrected chi connectivity index (χ4v) is 4.92. The van der Waals surface area contributed by atoms with Crippen LogP contribution in [0.3, 0.4) is 0 Å². The molecule has 3 atom stereocenters. The summed E-state index contributed by atoms with van der Waals surface area (Å²) >= 11 is 1.34. The molecule has 3 aromatic rings. The molecule has 1 amide bonds. The predicted molar refractivity (Wildman–Crippen MR) is 138 cm³/mol.